The molecule has 0 heterocycles. The Balaban J connectivity index is 0. The average Bonchev–Trinajstić information content (AvgIpc) is 1.85. The van der Waals surface area contributed by atoms with Crippen LogP contribution < -0.4 is 0 Å². The van der Waals surface area contributed by atoms with Crippen LogP contribution in [0.25, 0.3) is 0 Å². The first kappa shape index (κ1) is 13.3. The van der Waals surface area contributed by atoms with Gasteiger partial charge in [0.05, 0.1) is 0 Å². The summed E-state index contributed by atoms with van der Waals surface area (Å²) in [5, 5.41) is 0. The van der Waals surface area contributed by atoms with Crippen LogP contribution in [0, 0.1) is 5.92 Å². The van der Waals surface area contributed by atoms with Gasteiger partial charge in [-0.15, -0.1) is 0 Å². The molecule has 0 unspecified atom stereocenters. The Hall–Kier alpha value is -0.330. The number of carbonyl (C=O) groups excluding carboxylic acids is 1. The molecule has 0 saturated carbocycles. The van der Waals surface area contributed by atoms with Crippen molar-refractivity contribution in [2.75, 3.05) is 0 Å². The molecule has 0 aromatic carbocycles. The summed E-state index contributed by atoms with van der Waals surface area (Å²) in [6, 6.07) is 0. The van der Waals surface area contributed by atoms with Gasteiger partial charge in [-0.2, -0.15) is 0 Å². The van der Waals surface area contributed by atoms with Crippen LogP contribution in [0.15, 0.2) is 0 Å². The van der Waals surface area contributed by atoms with Crippen molar-refractivity contribution in [1.82, 2.24) is 0 Å². The molecule has 0 aromatic rings. The molecule has 0 aromatic heterocycles. The lowest BCUT2D eigenvalue weighted by Gasteiger charge is -1.95. The van der Waals surface area contributed by atoms with Crippen molar-refractivity contribution >= 4 is 5.78 Å². The summed E-state index contributed by atoms with van der Waals surface area (Å²) in [5.41, 5.74) is 0. The number of unbranched alkanes of at least 4 members (excludes halogenated alkanes) is 1. The second-order valence-electron chi connectivity index (χ2n) is 3.30. The first-order valence-electron chi connectivity index (χ1n) is 4.53. The van der Waals surface area contributed by atoms with Crippen molar-refractivity contribution < 1.29 is 4.79 Å². The van der Waals surface area contributed by atoms with E-state index in [1.807, 2.05) is 13.8 Å². The molecule has 0 bridgehead atoms. The molecule has 0 amide bonds. The molecular weight excluding hydrogens is 136 g/mol. The fraction of sp³-hybridized carbons (Fsp3) is 0.900. The van der Waals surface area contributed by atoms with E-state index in [4.69, 9.17) is 0 Å². The Kier molecular flexibility index (Phi) is 11.7. The Morgan fingerprint density at radius 2 is 1.55 bits per heavy atom. The number of Topliss-reactive ketones (excluding diaryl/α,β-unsaturated/α-hetero) is 1. The van der Waals surface area contributed by atoms with Crippen LogP contribution in [0.3, 0.4) is 0 Å². The van der Waals surface area contributed by atoms with E-state index in [-0.39, 0.29) is 5.78 Å². The summed E-state index contributed by atoms with van der Waals surface area (Å²) >= 11 is 0. The average molecular weight is 158 g/mol. The van der Waals surface area contributed by atoms with Gasteiger partial charge >= 0.3 is 0 Å². The molecule has 68 valence electrons. The van der Waals surface area contributed by atoms with Crippen molar-refractivity contribution in [2.24, 2.45) is 5.92 Å². The second kappa shape index (κ2) is 9.67. The highest BCUT2D eigenvalue weighted by atomic mass is 16.1. The third-order valence-corrected chi connectivity index (χ3v) is 1.20. The van der Waals surface area contributed by atoms with Crippen molar-refractivity contribution in [3.63, 3.8) is 0 Å². The molecular formula is C10H22O. The molecule has 1 nitrogen and oxygen atoms in total. The van der Waals surface area contributed by atoms with E-state index < -0.39 is 0 Å². The van der Waals surface area contributed by atoms with Crippen LogP contribution in [-0.2, 0) is 4.79 Å². The quantitative estimate of drug-likeness (QED) is 0.615. The number of rotatable bonds is 3. The molecule has 0 saturated heterocycles. The standard InChI is InChI=1S/C6H12O.C4H10/c1-5(2)4-6(3)7;1-3-4-2/h5H,4H2,1-3H3;3-4H2,1-2H3. The first-order valence-corrected chi connectivity index (χ1v) is 4.53. The summed E-state index contributed by atoms with van der Waals surface area (Å²) < 4.78 is 0. The van der Waals surface area contributed by atoms with Crippen molar-refractivity contribution in [3.8, 4) is 0 Å². The third-order valence-electron chi connectivity index (χ3n) is 1.20. The van der Waals surface area contributed by atoms with Gasteiger partial charge in [0.25, 0.3) is 0 Å². The van der Waals surface area contributed by atoms with Crippen LogP contribution in [0.1, 0.15) is 53.9 Å². The molecule has 1 heteroatoms. The minimum absolute atomic E-state index is 0.287. The largest absolute Gasteiger partial charge is 0.300 e. The fourth-order valence-corrected chi connectivity index (χ4v) is 0.575. The molecule has 0 rings (SSSR count). The van der Waals surface area contributed by atoms with Gasteiger partial charge in [0, 0.05) is 6.42 Å². The fourth-order valence-electron chi connectivity index (χ4n) is 0.575. The van der Waals surface area contributed by atoms with Gasteiger partial charge in [-0.25, -0.2) is 0 Å². The van der Waals surface area contributed by atoms with Gasteiger partial charge in [0.2, 0.25) is 0 Å². The lowest BCUT2D eigenvalue weighted by molar-refractivity contribution is -0.117. The van der Waals surface area contributed by atoms with E-state index >= 15 is 0 Å². The third kappa shape index (κ3) is 26.1. The minimum Gasteiger partial charge on any atom is -0.300 e. The zero-order chi connectivity index (χ0) is 9.28. The highest BCUT2D eigenvalue weighted by Gasteiger charge is 1.95. The number of carbonyl (C=O) groups is 1. The molecule has 0 aliphatic heterocycles. The summed E-state index contributed by atoms with van der Waals surface area (Å²) in [7, 11) is 0. The Labute approximate surface area is 71.2 Å². The van der Waals surface area contributed by atoms with Crippen molar-refractivity contribution in [3.05, 3.63) is 0 Å². The van der Waals surface area contributed by atoms with Gasteiger partial charge in [0.1, 0.15) is 5.78 Å². The highest BCUT2D eigenvalue weighted by molar-refractivity contribution is 5.75. The number of ketones is 1. The molecule has 11 heavy (non-hydrogen) atoms. The van der Waals surface area contributed by atoms with Crippen LogP contribution in [0.2, 0.25) is 0 Å². The molecule has 0 atom stereocenters. The van der Waals surface area contributed by atoms with Gasteiger partial charge in [-0.1, -0.05) is 40.5 Å². The summed E-state index contributed by atoms with van der Waals surface area (Å²) in [5.74, 6) is 0.813. The van der Waals surface area contributed by atoms with E-state index in [1.165, 1.54) is 12.8 Å². The summed E-state index contributed by atoms with van der Waals surface area (Å²) in [4.78, 5) is 10.3. The molecule has 0 N–H and O–H groups in total. The van der Waals surface area contributed by atoms with Gasteiger partial charge in [0.15, 0.2) is 0 Å². The maximum atomic E-state index is 10.3. The maximum Gasteiger partial charge on any atom is 0.130 e. The van der Waals surface area contributed by atoms with E-state index in [2.05, 4.69) is 13.8 Å². The summed E-state index contributed by atoms with van der Waals surface area (Å²) in [6.45, 7) is 10.1. The predicted octanol–water partition coefficient (Wildman–Crippen LogP) is 3.43. The minimum atomic E-state index is 0.287. The lowest BCUT2D eigenvalue weighted by atomic mass is 10.1. The van der Waals surface area contributed by atoms with Crippen LogP contribution in [0.5, 0.6) is 0 Å². The van der Waals surface area contributed by atoms with Crippen molar-refractivity contribution in [1.29, 1.82) is 0 Å². The topological polar surface area (TPSA) is 17.1 Å². The second-order valence-corrected chi connectivity index (χ2v) is 3.30. The van der Waals surface area contributed by atoms with Crippen molar-refractivity contribution in [2.45, 2.75) is 53.9 Å². The molecule has 0 aliphatic carbocycles. The smallest absolute Gasteiger partial charge is 0.130 e. The zero-order valence-corrected chi connectivity index (χ0v) is 8.61. The lowest BCUT2D eigenvalue weighted by Crippen LogP contribution is -1.95. The Bertz CT molecular complexity index is 82.9. The summed E-state index contributed by atoms with van der Waals surface area (Å²) in [6.07, 6.45) is 3.36. The van der Waals surface area contributed by atoms with Gasteiger partial charge in [-0.05, 0) is 12.8 Å². The maximum absolute atomic E-state index is 10.3. The molecule has 0 aliphatic rings. The SMILES string of the molecule is CC(=O)CC(C)C.CCCC. The monoisotopic (exact) mass is 158 g/mol. The normalized spacial score (nSPS) is 8.91. The van der Waals surface area contributed by atoms with Crippen LogP contribution in [-0.4, -0.2) is 5.78 Å². The van der Waals surface area contributed by atoms with Gasteiger partial charge in [-0.3, -0.25) is 0 Å². The van der Waals surface area contributed by atoms with E-state index in [0.717, 1.165) is 6.42 Å². The van der Waals surface area contributed by atoms with Crippen LogP contribution in [0.4, 0.5) is 0 Å². The predicted molar refractivity (Wildman–Crippen MR) is 50.7 cm³/mol. The van der Waals surface area contributed by atoms with E-state index in [9.17, 15) is 4.79 Å². The van der Waals surface area contributed by atoms with Gasteiger partial charge < -0.3 is 4.79 Å². The molecule has 0 spiro atoms. The van der Waals surface area contributed by atoms with E-state index in [1.54, 1.807) is 6.92 Å². The zero-order valence-electron chi connectivity index (χ0n) is 8.61. The Morgan fingerprint density at radius 1 is 1.18 bits per heavy atom. The molecule has 0 radical (unpaired) electrons. The van der Waals surface area contributed by atoms with Crippen LogP contribution >= 0.6 is 0 Å². The van der Waals surface area contributed by atoms with E-state index in [0.29, 0.717) is 5.92 Å². The Morgan fingerprint density at radius 3 is 1.55 bits per heavy atom. The first-order chi connectivity index (χ1) is 5.04. The number of hydrogen-bond acceptors (Lipinski definition) is 1. The number of hydrogen-bond donors (Lipinski definition) is 0. The molecule has 0 fully saturated rings. The highest BCUT2D eigenvalue weighted by Crippen LogP contribution is 1.97.